The molecule has 0 unspecified atom stereocenters. The van der Waals surface area contributed by atoms with Crippen LogP contribution in [0.3, 0.4) is 0 Å². The zero-order valence-electron chi connectivity index (χ0n) is 24.7. The van der Waals surface area contributed by atoms with Crippen molar-refractivity contribution in [3.63, 3.8) is 0 Å². The molecule has 1 aromatic heterocycles. The number of nitrogens with two attached hydrogens (primary N) is 1. The van der Waals surface area contributed by atoms with Gasteiger partial charge in [0.25, 0.3) is 0 Å². The van der Waals surface area contributed by atoms with Crippen LogP contribution >= 0.6 is 0 Å². The van der Waals surface area contributed by atoms with E-state index in [4.69, 9.17) is 29.9 Å². The van der Waals surface area contributed by atoms with E-state index in [1.54, 1.807) is 20.4 Å². The van der Waals surface area contributed by atoms with E-state index in [-0.39, 0.29) is 25.0 Å². The van der Waals surface area contributed by atoms with Gasteiger partial charge in [-0.2, -0.15) is 0 Å². The van der Waals surface area contributed by atoms with Gasteiger partial charge in [-0.3, -0.25) is 9.89 Å². The number of aliphatic imine (C=N–C) groups is 1. The molecule has 214 valence electrons. The van der Waals surface area contributed by atoms with Crippen molar-refractivity contribution in [1.29, 1.82) is 0 Å². The van der Waals surface area contributed by atoms with Crippen LogP contribution in [-0.4, -0.2) is 78.9 Å². The Morgan fingerprint density at radius 3 is 2.52 bits per heavy atom. The molecule has 2 heterocycles. The molecule has 10 nitrogen and oxygen atoms in total. The van der Waals surface area contributed by atoms with Crippen LogP contribution in [0.5, 0.6) is 5.75 Å². The largest absolute Gasteiger partial charge is 0.466 e. The second kappa shape index (κ2) is 11.7. The molecule has 1 saturated heterocycles. The first-order chi connectivity index (χ1) is 18.9. The molecule has 0 bridgehead atoms. The molecule has 40 heavy (non-hydrogen) atoms. The van der Waals surface area contributed by atoms with Gasteiger partial charge >= 0.3 is 6.09 Å². The normalized spacial score (nSPS) is 18.0. The molecule has 1 fully saturated rings. The Bertz CT molecular complexity index is 1410. The minimum atomic E-state index is -0.530. The number of nitrogen functional groups attached to an aromatic ring is 1. The fraction of sp³-hybridized carbons (Fsp3) is 0.467. The number of carbonyl (C=O) groups excluding carboxylic acids is 1. The van der Waals surface area contributed by atoms with E-state index in [1.807, 2.05) is 50.9 Å². The van der Waals surface area contributed by atoms with Crippen LogP contribution < -0.4 is 15.4 Å². The minimum Gasteiger partial charge on any atom is -0.466 e. The van der Waals surface area contributed by atoms with E-state index in [1.165, 1.54) is 0 Å². The van der Waals surface area contributed by atoms with Crippen LogP contribution in [0.15, 0.2) is 35.5 Å². The predicted molar refractivity (Wildman–Crippen MR) is 159 cm³/mol. The number of hydrogen-bond acceptors (Lipinski definition) is 9. The number of benzene rings is 2. The van der Waals surface area contributed by atoms with Gasteiger partial charge in [0.15, 0.2) is 12.6 Å². The Balaban J connectivity index is 1.63. The van der Waals surface area contributed by atoms with E-state index in [2.05, 4.69) is 35.9 Å². The van der Waals surface area contributed by atoms with Crippen molar-refractivity contribution in [1.82, 2.24) is 14.9 Å². The summed E-state index contributed by atoms with van der Waals surface area (Å²) in [6.45, 7) is 13.1. The number of hydrogen-bond donors (Lipinski definition) is 1. The van der Waals surface area contributed by atoms with E-state index < -0.39 is 5.60 Å². The molecule has 3 aromatic rings. The second-order valence-corrected chi connectivity index (χ2v) is 11.2. The number of nitrogens with zero attached hydrogens (tertiary/aromatic N) is 5. The van der Waals surface area contributed by atoms with Crippen LogP contribution in [0, 0.1) is 6.92 Å². The standard InChI is InChI=1S/C30H40N6O4/c1-18-15-35(16-19(2)36(18)29(37)40-30(4,5)6)23-9-10-25-21(11-23)14-33-28(34-25)24-12-22(13-32-7)26(31)20(3)27(24)39-17-38-8/h9-14,18-19H,15-17,31H2,1-8H3/t18-,19-/m0/s1. The fourth-order valence-electron chi connectivity index (χ4n) is 5.11. The smallest absolute Gasteiger partial charge is 0.410 e. The summed E-state index contributed by atoms with van der Waals surface area (Å²) in [7, 11) is 3.27. The summed E-state index contributed by atoms with van der Waals surface area (Å²) in [4.78, 5) is 30.7. The van der Waals surface area contributed by atoms with Gasteiger partial charge in [-0.1, -0.05) is 0 Å². The zero-order chi connectivity index (χ0) is 29.2. The molecule has 4 rings (SSSR count). The number of piperazine rings is 1. The number of methoxy groups -OCH3 is 1. The van der Waals surface area contributed by atoms with Crippen molar-refractivity contribution in [2.24, 2.45) is 4.99 Å². The summed E-state index contributed by atoms with van der Waals surface area (Å²) >= 11 is 0. The molecule has 0 aliphatic carbocycles. The summed E-state index contributed by atoms with van der Waals surface area (Å²) in [6, 6.07) is 8.03. The highest BCUT2D eigenvalue weighted by Gasteiger charge is 2.35. The maximum atomic E-state index is 12.8. The molecule has 2 N–H and O–H groups in total. The number of rotatable bonds is 6. The van der Waals surface area contributed by atoms with Crippen molar-refractivity contribution in [2.75, 3.05) is 44.7 Å². The average molecular weight is 549 g/mol. The number of aromatic nitrogens is 2. The third-order valence-electron chi connectivity index (χ3n) is 6.88. The lowest BCUT2D eigenvalue weighted by Crippen LogP contribution is -2.59. The van der Waals surface area contributed by atoms with Gasteiger partial charge in [0, 0.05) is 67.5 Å². The maximum absolute atomic E-state index is 12.8. The van der Waals surface area contributed by atoms with Gasteiger partial charge in [0.1, 0.15) is 11.4 Å². The molecule has 2 aromatic carbocycles. The van der Waals surface area contributed by atoms with Crippen LogP contribution in [0.4, 0.5) is 16.2 Å². The zero-order valence-corrected chi connectivity index (χ0v) is 24.7. The summed E-state index contributed by atoms with van der Waals surface area (Å²) < 4.78 is 16.7. The molecule has 1 aliphatic rings. The number of ether oxygens (including phenoxy) is 3. The average Bonchev–Trinajstić information content (AvgIpc) is 2.88. The highest BCUT2D eigenvalue weighted by atomic mass is 16.7. The van der Waals surface area contributed by atoms with Crippen molar-refractivity contribution in [2.45, 2.75) is 59.2 Å². The van der Waals surface area contributed by atoms with Crippen LogP contribution in [0.25, 0.3) is 22.3 Å². The van der Waals surface area contributed by atoms with Gasteiger partial charge in [0.2, 0.25) is 0 Å². The lowest BCUT2D eigenvalue weighted by Gasteiger charge is -2.45. The Morgan fingerprint density at radius 1 is 1.20 bits per heavy atom. The van der Waals surface area contributed by atoms with Crippen molar-refractivity contribution >= 4 is 34.6 Å². The van der Waals surface area contributed by atoms with E-state index in [0.717, 1.165) is 27.7 Å². The molecule has 0 radical (unpaired) electrons. The van der Waals surface area contributed by atoms with Crippen molar-refractivity contribution < 1.29 is 19.0 Å². The Kier molecular flexibility index (Phi) is 8.48. The number of anilines is 2. The first kappa shape index (κ1) is 29.1. The molecular weight excluding hydrogens is 508 g/mol. The first-order valence-electron chi connectivity index (χ1n) is 13.4. The highest BCUT2D eigenvalue weighted by molar-refractivity contribution is 5.93. The van der Waals surface area contributed by atoms with E-state index >= 15 is 0 Å². The third-order valence-corrected chi connectivity index (χ3v) is 6.88. The number of fused-ring (bicyclic) bond motifs is 1. The summed E-state index contributed by atoms with van der Waals surface area (Å²) in [6.07, 6.45) is 3.26. The third kappa shape index (κ3) is 6.12. The SMILES string of the molecule is CN=Cc1cc(-c2ncc3cc(N4C[C@H](C)N(C(=O)OC(C)(C)C)[C@@H](C)C4)ccc3n2)c(OCOC)c(C)c1N. The van der Waals surface area contributed by atoms with Crippen LogP contribution in [-0.2, 0) is 9.47 Å². The fourth-order valence-corrected chi connectivity index (χ4v) is 5.11. The Hall–Kier alpha value is -3.92. The lowest BCUT2D eigenvalue weighted by atomic mass is 10.0. The van der Waals surface area contributed by atoms with E-state index in [9.17, 15) is 4.79 Å². The lowest BCUT2D eigenvalue weighted by molar-refractivity contribution is 0.00566. The quantitative estimate of drug-likeness (QED) is 0.258. The first-order valence-corrected chi connectivity index (χ1v) is 13.4. The molecule has 1 aliphatic heterocycles. The molecule has 10 heteroatoms. The van der Waals surface area contributed by atoms with Crippen molar-refractivity contribution in [3.05, 3.63) is 41.6 Å². The Labute approximate surface area is 236 Å². The molecule has 2 atom stereocenters. The van der Waals surface area contributed by atoms with Gasteiger partial charge in [-0.05, 0) is 65.8 Å². The monoisotopic (exact) mass is 548 g/mol. The molecule has 1 amide bonds. The van der Waals surface area contributed by atoms with Gasteiger partial charge in [-0.15, -0.1) is 0 Å². The topological polar surface area (TPSA) is 115 Å². The van der Waals surface area contributed by atoms with Crippen LogP contribution in [0.1, 0.15) is 45.7 Å². The summed E-state index contributed by atoms with van der Waals surface area (Å²) in [5, 5.41) is 0.915. The Morgan fingerprint density at radius 2 is 1.90 bits per heavy atom. The second-order valence-electron chi connectivity index (χ2n) is 11.2. The molecular formula is C30H40N6O4. The molecule has 0 spiro atoms. The van der Waals surface area contributed by atoms with Crippen LogP contribution in [0.2, 0.25) is 0 Å². The minimum absolute atomic E-state index is 0.00643. The molecule has 0 saturated carbocycles. The van der Waals surface area contributed by atoms with Crippen molar-refractivity contribution in [3.8, 4) is 17.1 Å². The summed E-state index contributed by atoms with van der Waals surface area (Å²) in [5.74, 6) is 1.10. The highest BCUT2D eigenvalue weighted by Crippen LogP contribution is 2.37. The maximum Gasteiger partial charge on any atom is 0.410 e. The number of amides is 1. The number of carbonyl (C=O) groups is 1. The predicted octanol–water partition coefficient (Wildman–Crippen LogP) is 5.05. The van der Waals surface area contributed by atoms with Gasteiger partial charge < -0.3 is 24.8 Å². The van der Waals surface area contributed by atoms with Gasteiger partial charge in [0.05, 0.1) is 23.2 Å². The van der Waals surface area contributed by atoms with E-state index in [0.29, 0.717) is 35.9 Å². The summed E-state index contributed by atoms with van der Waals surface area (Å²) in [5.41, 5.74) is 10.5. The van der Waals surface area contributed by atoms with Gasteiger partial charge in [-0.25, -0.2) is 14.8 Å².